The van der Waals surface area contributed by atoms with Crippen molar-refractivity contribution in [2.75, 3.05) is 26.2 Å². The maximum Gasteiger partial charge on any atom is 0.241 e. The van der Waals surface area contributed by atoms with Crippen molar-refractivity contribution in [3.8, 4) is 0 Å². The minimum atomic E-state index is -0.0578. The monoisotopic (exact) mass is 344 g/mol. The number of carbonyl (C=O) groups is 1. The second-order valence-electron chi connectivity index (χ2n) is 7.51. The lowest BCUT2D eigenvalue weighted by Crippen LogP contribution is -2.53. The van der Waals surface area contributed by atoms with Gasteiger partial charge in [-0.1, -0.05) is 43.2 Å². The van der Waals surface area contributed by atoms with Crippen LogP contribution in [0, 0.1) is 6.92 Å². The Morgan fingerprint density at radius 2 is 1.84 bits per heavy atom. The number of nitrogens with zero attached hydrogens (tertiary/aromatic N) is 2. The molecule has 0 spiro atoms. The van der Waals surface area contributed by atoms with Gasteiger partial charge < -0.3 is 4.90 Å². The average molecular weight is 345 g/mol. The van der Waals surface area contributed by atoms with Gasteiger partial charge in [-0.25, -0.2) is 5.43 Å². The van der Waals surface area contributed by atoms with E-state index >= 15 is 0 Å². The van der Waals surface area contributed by atoms with Gasteiger partial charge >= 0.3 is 0 Å². The van der Waals surface area contributed by atoms with Gasteiger partial charge in [0.25, 0.3) is 0 Å². The summed E-state index contributed by atoms with van der Waals surface area (Å²) in [5.41, 5.74) is 9.12. The molecule has 1 aromatic rings. The van der Waals surface area contributed by atoms with Gasteiger partial charge in [-0.15, -0.1) is 0 Å². The molecule has 0 saturated carbocycles. The van der Waals surface area contributed by atoms with Crippen LogP contribution >= 0.6 is 0 Å². The van der Waals surface area contributed by atoms with Crippen LogP contribution in [0.5, 0.6) is 0 Å². The summed E-state index contributed by atoms with van der Waals surface area (Å²) in [5.74, 6) is 0.258. The van der Waals surface area contributed by atoms with E-state index in [1.54, 1.807) is 0 Å². The summed E-state index contributed by atoms with van der Waals surface area (Å²) in [6.07, 6.45) is 3.18. The van der Waals surface area contributed by atoms with Gasteiger partial charge in [0.2, 0.25) is 5.91 Å². The topological polar surface area (TPSA) is 47.6 Å². The lowest BCUT2D eigenvalue weighted by atomic mass is 10.0. The van der Waals surface area contributed by atoms with Crippen LogP contribution in [0.1, 0.15) is 50.3 Å². The quantitative estimate of drug-likeness (QED) is 0.860. The Kier molecular flexibility index (Phi) is 6.10. The van der Waals surface area contributed by atoms with E-state index in [1.165, 1.54) is 11.1 Å². The first-order valence-corrected chi connectivity index (χ1v) is 9.69. The zero-order chi connectivity index (χ0) is 17.8. The Balaban J connectivity index is 1.50. The predicted molar refractivity (Wildman–Crippen MR) is 101 cm³/mol. The molecule has 2 aliphatic rings. The minimum absolute atomic E-state index is 0.0578. The molecule has 0 aliphatic carbocycles. The standard InChI is InChI=1S/C20H32N4O/c1-4-5-18-14-19(22-21-18)20(25)24-12-10-23(11-13-24)16(3)17-8-6-15(2)7-9-17/h6-9,16,18-19,21-22H,4-5,10-14H2,1-3H3. The molecule has 3 rings (SSSR count). The van der Waals surface area contributed by atoms with E-state index in [0.29, 0.717) is 12.1 Å². The summed E-state index contributed by atoms with van der Waals surface area (Å²) in [5, 5.41) is 0. The molecule has 0 radical (unpaired) electrons. The Labute approximate surface area is 151 Å². The predicted octanol–water partition coefficient (Wildman–Crippen LogP) is 2.24. The Hall–Kier alpha value is -1.43. The number of hydrogen-bond acceptors (Lipinski definition) is 4. The molecule has 0 aromatic heterocycles. The Morgan fingerprint density at radius 3 is 2.48 bits per heavy atom. The number of piperazine rings is 1. The zero-order valence-corrected chi connectivity index (χ0v) is 15.8. The van der Waals surface area contributed by atoms with Crippen molar-refractivity contribution in [3.63, 3.8) is 0 Å². The van der Waals surface area contributed by atoms with Crippen LogP contribution in [0.3, 0.4) is 0 Å². The molecule has 1 aromatic carbocycles. The van der Waals surface area contributed by atoms with Crippen molar-refractivity contribution in [3.05, 3.63) is 35.4 Å². The average Bonchev–Trinajstić information content (AvgIpc) is 3.10. The molecule has 138 valence electrons. The van der Waals surface area contributed by atoms with E-state index in [-0.39, 0.29) is 11.9 Å². The number of hydrogen-bond donors (Lipinski definition) is 2. The molecule has 25 heavy (non-hydrogen) atoms. The highest BCUT2D eigenvalue weighted by molar-refractivity contribution is 5.82. The van der Waals surface area contributed by atoms with Gasteiger partial charge in [-0.05, 0) is 32.3 Å². The molecule has 3 unspecified atom stereocenters. The van der Waals surface area contributed by atoms with Gasteiger partial charge in [0.1, 0.15) is 6.04 Å². The molecule has 2 fully saturated rings. The summed E-state index contributed by atoms with van der Waals surface area (Å²) in [6, 6.07) is 9.57. The zero-order valence-electron chi connectivity index (χ0n) is 15.8. The lowest BCUT2D eigenvalue weighted by molar-refractivity contribution is -0.135. The van der Waals surface area contributed by atoms with Gasteiger partial charge in [-0.3, -0.25) is 15.1 Å². The van der Waals surface area contributed by atoms with E-state index in [9.17, 15) is 4.79 Å². The van der Waals surface area contributed by atoms with Crippen LogP contribution < -0.4 is 10.9 Å². The fourth-order valence-electron chi connectivity index (χ4n) is 3.93. The number of rotatable bonds is 5. The molecule has 1 amide bonds. The van der Waals surface area contributed by atoms with Gasteiger partial charge in [-0.2, -0.15) is 0 Å². The summed E-state index contributed by atoms with van der Waals surface area (Å²) in [7, 11) is 0. The summed E-state index contributed by atoms with van der Waals surface area (Å²) in [6.45, 7) is 10.1. The van der Waals surface area contributed by atoms with Crippen molar-refractivity contribution in [1.82, 2.24) is 20.7 Å². The third-order valence-corrected chi connectivity index (χ3v) is 5.65. The number of hydrazine groups is 1. The fraction of sp³-hybridized carbons (Fsp3) is 0.650. The number of benzene rings is 1. The normalized spacial score (nSPS) is 26.0. The SMILES string of the molecule is CCCC1CC(C(=O)N2CCN(C(C)c3ccc(C)cc3)CC2)NN1. The van der Waals surface area contributed by atoms with Crippen molar-refractivity contribution in [2.24, 2.45) is 0 Å². The smallest absolute Gasteiger partial charge is 0.241 e. The van der Waals surface area contributed by atoms with Gasteiger partial charge in [0.15, 0.2) is 0 Å². The summed E-state index contributed by atoms with van der Waals surface area (Å²) < 4.78 is 0. The molecule has 3 atom stereocenters. The maximum atomic E-state index is 12.7. The van der Waals surface area contributed by atoms with E-state index in [0.717, 1.165) is 45.4 Å². The fourth-order valence-corrected chi connectivity index (χ4v) is 3.93. The summed E-state index contributed by atoms with van der Waals surface area (Å²) >= 11 is 0. The van der Waals surface area contributed by atoms with Crippen LogP contribution in [0.4, 0.5) is 0 Å². The minimum Gasteiger partial charge on any atom is -0.339 e. The molecule has 2 N–H and O–H groups in total. The molecule has 0 bridgehead atoms. The van der Waals surface area contributed by atoms with E-state index < -0.39 is 0 Å². The van der Waals surface area contributed by atoms with Crippen LogP contribution in [-0.4, -0.2) is 54.0 Å². The molecular weight excluding hydrogens is 312 g/mol. The molecule has 2 aliphatic heterocycles. The van der Waals surface area contributed by atoms with E-state index in [1.807, 2.05) is 4.90 Å². The van der Waals surface area contributed by atoms with Crippen LogP contribution in [0.2, 0.25) is 0 Å². The number of nitrogens with one attached hydrogen (secondary N) is 2. The highest BCUT2D eigenvalue weighted by Gasteiger charge is 2.33. The number of aryl methyl sites for hydroxylation is 1. The molecule has 2 saturated heterocycles. The maximum absolute atomic E-state index is 12.7. The Bertz CT molecular complexity index is 566. The third-order valence-electron chi connectivity index (χ3n) is 5.65. The van der Waals surface area contributed by atoms with E-state index in [2.05, 4.69) is 60.8 Å². The summed E-state index contributed by atoms with van der Waals surface area (Å²) in [4.78, 5) is 17.3. The Morgan fingerprint density at radius 1 is 1.16 bits per heavy atom. The number of amides is 1. The van der Waals surface area contributed by atoms with Crippen molar-refractivity contribution >= 4 is 5.91 Å². The first kappa shape index (κ1) is 18.4. The second kappa shape index (κ2) is 8.30. The van der Waals surface area contributed by atoms with Gasteiger partial charge in [0, 0.05) is 38.3 Å². The van der Waals surface area contributed by atoms with Crippen LogP contribution in [0.15, 0.2) is 24.3 Å². The highest BCUT2D eigenvalue weighted by Crippen LogP contribution is 2.22. The first-order valence-electron chi connectivity index (χ1n) is 9.69. The van der Waals surface area contributed by atoms with Crippen molar-refractivity contribution < 1.29 is 4.79 Å². The van der Waals surface area contributed by atoms with Crippen molar-refractivity contribution in [2.45, 2.75) is 58.2 Å². The van der Waals surface area contributed by atoms with Crippen molar-refractivity contribution in [1.29, 1.82) is 0 Å². The molecular formula is C20H32N4O. The van der Waals surface area contributed by atoms with Crippen LogP contribution in [0.25, 0.3) is 0 Å². The lowest BCUT2D eigenvalue weighted by Gasteiger charge is -2.39. The second-order valence-corrected chi connectivity index (χ2v) is 7.51. The first-order chi connectivity index (χ1) is 12.1. The van der Waals surface area contributed by atoms with Gasteiger partial charge in [0.05, 0.1) is 0 Å². The molecule has 5 nitrogen and oxygen atoms in total. The molecule has 5 heteroatoms. The highest BCUT2D eigenvalue weighted by atomic mass is 16.2. The van der Waals surface area contributed by atoms with E-state index in [4.69, 9.17) is 0 Å². The molecule has 2 heterocycles. The number of carbonyl (C=O) groups excluding carboxylic acids is 1. The third kappa shape index (κ3) is 4.40. The van der Waals surface area contributed by atoms with Crippen LogP contribution in [-0.2, 0) is 4.79 Å². The largest absolute Gasteiger partial charge is 0.339 e.